The summed E-state index contributed by atoms with van der Waals surface area (Å²) in [6.45, 7) is 0.427. The second-order valence-electron chi connectivity index (χ2n) is 6.14. The zero-order valence-corrected chi connectivity index (χ0v) is 13.4. The van der Waals surface area contributed by atoms with E-state index in [0.29, 0.717) is 23.9 Å². The van der Waals surface area contributed by atoms with Crippen molar-refractivity contribution in [3.05, 3.63) is 12.2 Å². The van der Waals surface area contributed by atoms with Crippen LogP contribution in [0.3, 0.4) is 0 Å². The van der Waals surface area contributed by atoms with Crippen molar-refractivity contribution < 1.29 is 33.8 Å². The summed E-state index contributed by atoms with van der Waals surface area (Å²) >= 11 is 0. The Kier molecular flexibility index (Phi) is 9.09. The molecule has 0 heterocycles. The standard InChI is InChI=1S/C15H25NO6/c1-16(2,3)11-12(10-14(19)20)22-15(21)9-7-5-4-6-8-13(17)18/h4,6,12H,5,7-11H2,1-3H3,(H-,17,18,19,20)/p+1/b6-4+. The lowest BCUT2D eigenvalue weighted by molar-refractivity contribution is -0.873. The molecule has 0 bridgehead atoms. The molecule has 0 amide bonds. The SMILES string of the molecule is C[N+](C)(C)CC(CC(=O)O)OC(=O)CCC/C=C/CC(=O)O. The number of carboxylic acids is 2. The molecule has 0 fully saturated rings. The van der Waals surface area contributed by atoms with Crippen LogP contribution in [0.1, 0.15) is 32.1 Å². The number of rotatable bonds is 11. The molecule has 22 heavy (non-hydrogen) atoms. The largest absolute Gasteiger partial charge is 0.481 e. The van der Waals surface area contributed by atoms with Crippen molar-refractivity contribution in [3.8, 4) is 0 Å². The lowest BCUT2D eigenvalue weighted by Gasteiger charge is -2.28. The van der Waals surface area contributed by atoms with Gasteiger partial charge >= 0.3 is 17.9 Å². The van der Waals surface area contributed by atoms with E-state index in [2.05, 4.69) is 0 Å². The van der Waals surface area contributed by atoms with Crippen molar-refractivity contribution >= 4 is 17.9 Å². The molecule has 0 rings (SSSR count). The van der Waals surface area contributed by atoms with E-state index in [4.69, 9.17) is 14.9 Å². The fourth-order valence-electron chi connectivity index (χ4n) is 1.86. The number of likely N-dealkylation sites (N-methyl/N-ethyl adjacent to an activating group) is 1. The van der Waals surface area contributed by atoms with Gasteiger partial charge in [0.05, 0.1) is 34.0 Å². The van der Waals surface area contributed by atoms with E-state index in [9.17, 15) is 14.4 Å². The van der Waals surface area contributed by atoms with Crippen molar-refractivity contribution in [3.63, 3.8) is 0 Å². The first-order valence-corrected chi connectivity index (χ1v) is 7.18. The topological polar surface area (TPSA) is 101 Å². The van der Waals surface area contributed by atoms with Gasteiger partial charge in [0.2, 0.25) is 0 Å². The van der Waals surface area contributed by atoms with E-state index in [0.717, 1.165) is 0 Å². The van der Waals surface area contributed by atoms with E-state index in [1.165, 1.54) is 6.08 Å². The van der Waals surface area contributed by atoms with Gasteiger partial charge < -0.3 is 19.4 Å². The van der Waals surface area contributed by atoms with Crippen LogP contribution in [0.2, 0.25) is 0 Å². The van der Waals surface area contributed by atoms with Crippen LogP contribution in [0.25, 0.3) is 0 Å². The molecule has 126 valence electrons. The highest BCUT2D eigenvalue weighted by Crippen LogP contribution is 2.08. The molecular formula is C15H26NO6+. The maximum Gasteiger partial charge on any atom is 0.307 e. The van der Waals surface area contributed by atoms with Crippen molar-refractivity contribution in [1.82, 2.24) is 0 Å². The van der Waals surface area contributed by atoms with Crippen molar-refractivity contribution in [2.75, 3.05) is 27.7 Å². The number of carbonyl (C=O) groups is 3. The number of hydrogen-bond acceptors (Lipinski definition) is 4. The molecule has 0 aromatic carbocycles. The molecule has 7 heteroatoms. The lowest BCUT2D eigenvalue weighted by Crippen LogP contribution is -2.43. The third-order valence-corrected chi connectivity index (χ3v) is 2.66. The number of nitrogens with zero attached hydrogens (tertiary/aromatic N) is 1. The van der Waals surface area contributed by atoms with E-state index in [1.54, 1.807) is 6.08 Å². The maximum absolute atomic E-state index is 11.7. The molecule has 0 aliphatic heterocycles. The summed E-state index contributed by atoms with van der Waals surface area (Å²) in [5, 5.41) is 17.3. The minimum Gasteiger partial charge on any atom is -0.481 e. The van der Waals surface area contributed by atoms with Gasteiger partial charge in [-0.1, -0.05) is 12.2 Å². The van der Waals surface area contributed by atoms with Crippen LogP contribution in [-0.4, -0.2) is 66.4 Å². The summed E-state index contributed by atoms with van der Waals surface area (Å²) in [4.78, 5) is 32.8. The second kappa shape index (κ2) is 9.94. The molecule has 1 unspecified atom stereocenters. The first-order chi connectivity index (χ1) is 10.1. The summed E-state index contributed by atoms with van der Waals surface area (Å²) in [6.07, 6.45) is 3.67. The molecule has 0 radical (unpaired) electrons. The summed E-state index contributed by atoms with van der Waals surface area (Å²) in [5.74, 6) is -2.32. The number of aliphatic carboxylic acids is 2. The minimum absolute atomic E-state index is 0.0331. The van der Waals surface area contributed by atoms with Crippen LogP contribution in [0.15, 0.2) is 12.2 Å². The monoisotopic (exact) mass is 316 g/mol. The number of allylic oxidation sites excluding steroid dienone is 1. The lowest BCUT2D eigenvalue weighted by atomic mass is 10.2. The number of ether oxygens (including phenoxy) is 1. The van der Waals surface area contributed by atoms with Crippen LogP contribution >= 0.6 is 0 Å². The summed E-state index contributed by atoms with van der Waals surface area (Å²) in [6, 6.07) is 0. The van der Waals surface area contributed by atoms with Gasteiger partial charge in [-0.05, 0) is 12.8 Å². The van der Waals surface area contributed by atoms with E-state index in [1.807, 2.05) is 21.1 Å². The van der Waals surface area contributed by atoms with Crippen molar-refractivity contribution in [2.45, 2.75) is 38.2 Å². The number of unbranched alkanes of at least 4 members (excludes halogenated alkanes) is 1. The summed E-state index contributed by atoms with van der Waals surface area (Å²) < 4.78 is 5.73. The minimum atomic E-state index is -0.997. The second-order valence-corrected chi connectivity index (χ2v) is 6.14. The Balaban J connectivity index is 4.14. The Morgan fingerprint density at radius 1 is 1.09 bits per heavy atom. The van der Waals surface area contributed by atoms with Gasteiger partial charge in [-0.15, -0.1) is 0 Å². The first-order valence-electron chi connectivity index (χ1n) is 7.18. The van der Waals surface area contributed by atoms with Gasteiger partial charge in [0.1, 0.15) is 6.54 Å². The third kappa shape index (κ3) is 13.1. The Bertz CT molecular complexity index is 411. The molecule has 0 aliphatic carbocycles. The predicted molar refractivity (Wildman–Crippen MR) is 80.3 cm³/mol. The average Bonchev–Trinajstić information content (AvgIpc) is 2.29. The quantitative estimate of drug-likeness (QED) is 0.258. The van der Waals surface area contributed by atoms with Crippen LogP contribution in [0.5, 0.6) is 0 Å². The van der Waals surface area contributed by atoms with Gasteiger partial charge in [-0.2, -0.15) is 0 Å². The zero-order chi connectivity index (χ0) is 17.2. The van der Waals surface area contributed by atoms with Crippen molar-refractivity contribution in [1.29, 1.82) is 0 Å². The summed E-state index contributed by atoms with van der Waals surface area (Å²) in [7, 11) is 5.70. The molecule has 1 atom stereocenters. The average molecular weight is 316 g/mol. The third-order valence-electron chi connectivity index (χ3n) is 2.66. The normalized spacial score (nSPS) is 13.0. The Labute approximate surface area is 130 Å². The Morgan fingerprint density at radius 2 is 1.73 bits per heavy atom. The van der Waals surface area contributed by atoms with Crippen LogP contribution in [0, 0.1) is 0 Å². The van der Waals surface area contributed by atoms with Crippen LogP contribution in [0.4, 0.5) is 0 Å². The number of quaternary nitrogens is 1. The fraction of sp³-hybridized carbons (Fsp3) is 0.667. The molecule has 7 nitrogen and oxygen atoms in total. The number of hydrogen-bond donors (Lipinski definition) is 2. The van der Waals surface area contributed by atoms with Crippen LogP contribution in [-0.2, 0) is 19.1 Å². The molecule has 0 spiro atoms. The Hall–Kier alpha value is -1.89. The van der Waals surface area contributed by atoms with E-state index >= 15 is 0 Å². The molecule has 0 saturated carbocycles. The number of carboxylic acid groups (broad SMARTS) is 2. The van der Waals surface area contributed by atoms with E-state index < -0.39 is 24.0 Å². The maximum atomic E-state index is 11.7. The molecule has 0 aromatic heterocycles. The van der Waals surface area contributed by atoms with E-state index in [-0.39, 0.29) is 19.3 Å². The zero-order valence-electron chi connectivity index (χ0n) is 13.4. The number of esters is 1. The van der Waals surface area contributed by atoms with Gasteiger partial charge in [0.15, 0.2) is 6.10 Å². The molecule has 0 aliphatic rings. The van der Waals surface area contributed by atoms with Crippen molar-refractivity contribution in [2.24, 2.45) is 0 Å². The summed E-state index contributed by atoms with van der Waals surface area (Å²) in [5.41, 5.74) is 0. The van der Waals surface area contributed by atoms with Gasteiger partial charge in [-0.3, -0.25) is 14.4 Å². The smallest absolute Gasteiger partial charge is 0.307 e. The van der Waals surface area contributed by atoms with Gasteiger partial charge in [0, 0.05) is 6.42 Å². The molecule has 0 aromatic rings. The predicted octanol–water partition coefficient (Wildman–Crippen LogP) is 1.28. The van der Waals surface area contributed by atoms with Gasteiger partial charge in [-0.25, -0.2) is 0 Å². The van der Waals surface area contributed by atoms with Crippen LogP contribution < -0.4 is 0 Å². The fourth-order valence-corrected chi connectivity index (χ4v) is 1.86. The first kappa shape index (κ1) is 20.1. The Morgan fingerprint density at radius 3 is 2.23 bits per heavy atom. The number of carbonyl (C=O) groups excluding carboxylic acids is 1. The molecule has 2 N–H and O–H groups in total. The molecular weight excluding hydrogens is 290 g/mol. The molecule has 0 saturated heterocycles. The highest BCUT2D eigenvalue weighted by Gasteiger charge is 2.24. The highest BCUT2D eigenvalue weighted by molar-refractivity contribution is 5.71. The highest BCUT2D eigenvalue weighted by atomic mass is 16.5. The van der Waals surface area contributed by atoms with Gasteiger partial charge in [0.25, 0.3) is 0 Å².